The summed E-state index contributed by atoms with van der Waals surface area (Å²) in [7, 11) is 0. The Labute approximate surface area is 146 Å². The van der Waals surface area contributed by atoms with Crippen LogP contribution in [0.2, 0.25) is 0 Å². The number of hydrogen-bond acceptors (Lipinski definition) is 2. The van der Waals surface area contributed by atoms with Gasteiger partial charge in [-0.15, -0.1) is 0 Å². The van der Waals surface area contributed by atoms with Crippen LogP contribution in [0.5, 0.6) is 0 Å². The van der Waals surface area contributed by atoms with E-state index in [0.717, 1.165) is 49.4 Å². The maximum absolute atomic E-state index is 11.9. The van der Waals surface area contributed by atoms with Gasteiger partial charge in [0.15, 0.2) is 5.78 Å². The Balaban J connectivity index is 1.63. The van der Waals surface area contributed by atoms with Gasteiger partial charge in [0, 0.05) is 6.42 Å². The monoisotopic (exact) mass is 325 g/mol. The van der Waals surface area contributed by atoms with E-state index in [-0.39, 0.29) is 11.3 Å². The minimum Gasteiger partial charge on any atom is -0.295 e. The van der Waals surface area contributed by atoms with Crippen LogP contribution in [0.4, 0.5) is 0 Å². The van der Waals surface area contributed by atoms with Gasteiger partial charge in [0.05, 0.1) is 12.0 Å². The minimum atomic E-state index is 0.207. The third-order valence-corrected chi connectivity index (χ3v) is 8.26. The second kappa shape index (κ2) is 6.01. The lowest BCUT2D eigenvalue weighted by Crippen LogP contribution is -2.40. The summed E-state index contributed by atoms with van der Waals surface area (Å²) in [6, 6.07) is 2.64. The first-order chi connectivity index (χ1) is 11.6. The lowest BCUT2D eigenvalue weighted by Gasteiger charge is -2.47. The van der Waals surface area contributed by atoms with Crippen LogP contribution in [0.25, 0.3) is 0 Å². The van der Waals surface area contributed by atoms with Gasteiger partial charge >= 0.3 is 0 Å². The Morgan fingerprint density at radius 3 is 2.67 bits per heavy atom. The van der Waals surface area contributed by atoms with Crippen LogP contribution in [0, 0.1) is 52.3 Å². The molecule has 2 heteroatoms. The summed E-state index contributed by atoms with van der Waals surface area (Å²) in [6.07, 6.45) is 12.6. The molecule has 0 spiro atoms. The first kappa shape index (κ1) is 16.4. The number of hydrogen-bond donors (Lipinski definition) is 0. The van der Waals surface area contributed by atoms with Crippen LogP contribution in [0.3, 0.4) is 0 Å². The molecule has 0 radical (unpaired) electrons. The lowest BCUT2D eigenvalue weighted by molar-refractivity contribution is -0.115. The van der Waals surface area contributed by atoms with Crippen LogP contribution in [-0.4, -0.2) is 5.78 Å². The summed E-state index contributed by atoms with van der Waals surface area (Å²) in [5.74, 6) is 4.45. The molecule has 0 heterocycles. The highest BCUT2D eigenvalue weighted by Crippen LogP contribution is 2.61. The largest absolute Gasteiger partial charge is 0.295 e. The molecule has 3 saturated carbocycles. The molecule has 3 fully saturated rings. The number of fused-ring (bicyclic) bond motifs is 1. The quantitative estimate of drug-likeness (QED) is 0.707. The van der Waals surface area contributed by atoms with Crippen molar-refractivity contribution in [1.82, 2.24) is 0 Å². The fraction of sp³-hybridized carbons (Fsp3) is 0.818. The summed E-state index contributed by atoms with van der Waals surface area (Å²) in [5, 5.41) is 9.66. The molecule has 0 bridgehead atoms. The summed E-state index contributed by atoms with van der Waals surface area (Å²) in [4.78, 5) is 11.9. The SMILES string of the molecule is CC[C@]1(C)[C@@H](C#N)CC[C@H]1[C@H]1C[C@H]2CCC(=O)C=C2C[C@H]1C1CC1. The highest BCUT2D eigenvalue weighted by atomic mass is 16.1. The van der Waals surface area contributed by atoms with E-state index < -0.39 is 0 Å². The first-order valence-electron chi connectivity index (χ1n) is 10.2. The predicted molar refractivity (Wildman–Crippen MR) is 95.0 cm³/mol. The van der Waals surface area contributed by atoms with E-state index >= 15 is 0 Å². The van der Waals surface area contributed by atoms with Gasteiger partial charge in [-0.2, -0.15) is 5.26 Å². The second-order valence-corrected chi connectivity index (χ2v) is 9.25. The van der Waals surface area contributed by atoms with Gasteiger partial charge in [0.1, 0.15) is 0 Å². The van der Waals surface area contributed by atoms with Crippen molar-refractivity contribution in [3.8, 4) is 6.07 Å². The van der Waals surface area contributed by atoms with Crippen LogP contribution >= 0.6 is 0 Å². The molecule has 4 rings (SSSR count). The fourth-order valence-electron chi connectivity index (χ4n) is 6.51. The normalized spacial score (nSPS) is 45.5. The molecule has 2 nitrogen and oxygen atoms in total. The molecule has 0 aromatic rings. The third-order valence-electron chi connectivity index (χ3n) is 8.26. The molecule has 130 valence electrons. The van der Waals surface area contributed by atoms with Gasteiger partial charge in [0.25, 0.3) is 0 Å². The maximum atomic E-state index is 11.9. The van der Waals surface area contributed by atoms with Gasteiger partial charge in [-0.1, -0.05) is 19.4 Å². The molecule has 0 aliphatic heterocycles. The molecule has 0 saturated heterocycles. The number of ketones is 1. The molecule has 4 aliphatic carbocycles. The Bertz CT molecular complexity index is 596. The van der Waals surface area contributed by atoms with Gasteiger partial charge in [-0.3, -0.25) is 4.79 Å². The van der Waals surface area contributed by atoms with E-state index in [1.54, 1.807) is 0 Å². The highest BCUT2D eigenvalue weighted by Gasteiger charge is 2.54. The predicted octanol–water partition coefficient (Wildman–Crippen LogP) is 5.29. The van der Waals surface area contributed by atoms with Crippen LogP contribution in [-0.2, 0) is 4.79 Å². The van der Waals surface area contributed by atoms with Crippen molar-refractivity contribution in [2.75, 3.05) is 0 Å². The summed E-state index contributed by atoms with van der Waals surface area (Å²) in [5.41, 5.74) is 1.69. The third kappa shape index (κ3) is 2.56. The zero-order chi connectivity index (χ0) is 16.9. The molecule has 4 aliphatic rings. The number of nitriles is 1. The Morgan fingerprint density at radius 2 is 2.00 bits per heavy atom. The minimum absolute atomic E-state index is 0.207. The van der Waals surface area contributed by atoms with E-state index in [9.17, 15) is 10.1 Å². The smallest absolute Gasteiger partial charge is 0.155 e. The number of nitrogens with zero attached hydrogens (tertiary/aromatic N) is 1. The Hall–Kier alpha value is -1.10. The molecule has 0 aromatic carbocycles. The van der Waals surface area contributed by atoms with Gasteiger partial charge in [0.2, 0.25) is 0 Å². The first-order valence-corrected chi connectivity index (χ1v) is 10.2. The Morgan fingerprint density at radius 1 is 1.21 bits per heavy atom. The molecule has 0 N–H and O–H groups in total. The summed E-state index contributed by atoms with van der Waals surface area (Å²) >= 11 is 0. The van der Waals surface area contributed by atoms with Gasteiger partial charge in [-0.05, 0) is 92.4 Å². The second-order valence-electron chi connectivity index (χ2n) is 9.25. The highest BCUT2D eigenvalue weighted by molar-refractivity contribution is 5.91. The van der Waals surface area contributed by atoms with Crippen molar-refractivity contribution in [3.05, 3.63) is 11.6 Å². The summed E-state index contributed by atoms with van der Waals surface area (Å²) in [6.45, 7) is 4.69. The van der Waals surface area contributed by atoms with Gasteiger partial charge in [-0.25, -0.2) is 0 Å². The Kier molecular flexibility index (Phi) is 4.10. The van der Waals surface area contributed by atoms with Crippen LogP contribution in [0.15, 0.2) is 11.6 Å². The van der Waals surface area contributed by atoms with Crippen molar-refractivity contribution in [3.63, 3.8) is 0 Å². The van der Waals surface area contributed by atoms with E-state index in [1.807, 2.05) is 6.08 Å². The van der Waals surface area contributed by atoms with Crippen molar-refractivity contribution in [2.24, 2.45) is 40.9 Å². The molecule has 0 amide bonds. The molecular formula is C22H31NO. The zero-order valence-corrected chi connectivity index (χ0v) is 15.3. The van der Waals surface area contributed by atoms with Crippen LogP contribution in [0.1, 0.15) is 71.6 Å². The number of allylic oxidation sites excluding steroid dienone is 2. The standard InChI is InChI=1S/C22H31NO/c1-3-22(2)17(13-23)7-9-21(22)20-11-15-6-8-18(24)10-16(15)12-19(20)14-4-5-14/h10,14-15,17,19-21H,3-9,11-12H2,1-2H3/t15-,17-,19+,20+,21+,22-/m1/s1. The molecule has 0 unspecified atom stereocenters. The molecule has 0 aromatic heterocycles. The average Bonchev–Trinajstić information content (AvgIpc) is 3.37. The maximum Gasteiger partial charge on any atom is 0.155 e. The molecular weight excluding hydrogens is 294 g/mol. The van der Waals surface area contributed by atoms with E-state index in [0.29, 0.717) is 11.7 Å². The van der Waals surface area contributed by atoms with E-state index in [1.165, 1.54) is 37.7 Å². The van der Waals surface area contributed by atoms with Crippen LogP contribution < -0.4 is 0 Å². The average molecular weight is 325 g/mol. The number of rotatable bonds is 3. The van der Waals surface area contributed by atoms with Gasteiger partial charge < -0.3 is 0 Å². The zero-order valence-electron chi connectivity index (χ0n) is 15.3. The van der Waals surface area contributed by atoms with E-state index in [2.05, 4.69) is 19.9 Å². The lowest BCUT2D eigenvalue weighted by atomic mass is 9.57. The van der Waals surface area contributed by atoms with Crippen molar-refractivity contribution in [2.45, 2.75) is 71.6 Å². The van der Waals surface area contributed by atoms with E-state index in [4.69, 9.17) is 0 Å². The fourth-order valence-corrected chi connectivity index (χ4v) is 6.51. The number of carbonyl (C=O) groups excluding carboxylic acids is 1. The van der Waals surface area contributed by atoms with Crippen molar-refractivity contribution < 1.29 is 4.79 Å². The topological polar surface area (TPSA) is 40.9 Å². The summed E-state index contributed by atoms with van der Waals surface area (Å²) < 4.78 is 0. The molecule has 6 atom stereocenters. The van der Waals surface area contributed by atoms with Crippen molar-refractivity contribution >= 4 is 5.78 Å². The molecule has 24 heavy (non-hydrogen) atoms. The number of carbonyl (C=O) groups is 1. The van der Waals surface area contributed by atoms with Crippen molar-refractivity contribution in [1.29, 1.82) is 5.26 Å².